The summed E-state index contributed by atoms with van der Waals surface area (Å²) in [4.78, 5) is 8.04. The molecule has 0 atom stereocenters. The van der Waals surface area contributed by atoms with E-state index in [9.17, 15) is 13.2 Å². The molecule has 1 aromatic heterocycles. The van der Waals surface area contributed by atoms with Gasteiger partial charge in [-0.25, -0.2) is 4.98 Å². The highest BCUT2D eigenvalue weighted by atomic mass is 19.4. The molecule has 0 aliphatic carbocycles. The van der Waals surface area contributed by atoms with Crippen LogP contribution in [0.3, 0.4) is 0 Å². The molecule has 0 spiro atoms. The Labute approximate surface area is 193 Å². The van der Waals surface area contributed by atoms with Gasteiger partial charge in [0.05, 0.1) is 0 Å². The van der Waals surface area contributed by atoms with Crippen molar-refractivity contribution in [1.29, 1.82) is 0 Å². The van der Waals surface area contributed by atoms with Crippen LogP contribution in [0, 0.1) is 0 Å². The van der Waals surface area contributed by atoms with E-state index in [-0.39, 0.29) is 11.8 Å². The highest BCUT2D eigenvalue weighted by molar-refractivity contribution is 5.63. The molecule has 4 nitrogen and oxygen atoms in total. The Morgan fingerprint density at radius 3 is 2.27 bits per heavy atom. The Morgan fingerprint density at radius 2 is 1.58 bits per heavy atom. The van der Waals surface area contributed by atoms with Crippen LogP contribution in [-0.2, 0) is 19.0 Å². The Balaban J connectivity index is 1.76. The van der Waals surface area contributed by atoms with Gasteiger partial charge >= 0.3 is 6.18 Å². The fourth-order valence-electron chi connectivity index (χ4n) is 3.61. The molecule has 0 radical (unpaired) electrons. The average molecular weight is 457 g/mol. The van der Waals surface area contributed by atoms with Gasteiger partial charge in [0.2, 0.25) is 5.95 Å². The molecule has 0 fully saturated rings. The number of unbranched alkanes of at least 4 members (excludes halogenated alkanes) is 3. The van der Waals surface area contributed by atoms with Crippen LogP contribution >= 0.6 is 0 Å². The van der Waals surface area contributed by atoms with Crippen LogP contribution in [0.5, 0.6) is 0 Å². The van der Waals surface area contributed by atoms with Crippen LogP contribution in [0.25, 0.3) is 0 Å². The molecule has 0 bridgehead atoms. The number of anilines is 4. The second-order valence-electron chi connectivity index (χ2n) is 8.16. The number of aryl methyl sites for hydroxylation is 2. The first-order chi connectivity index (χ1) is 15.9. The van der Waals surface area contributed by atoms with Gasteiger partial charge in [-0.05, 0) is 54.7 Å². The van der Waals surface area contributed by atoms with E-state index in [2.05, 4.69) is 34.4 Å². The lowest BCUT2D eigenvalue weighted by molar-refractivity contribution is -0.137. The van der Waals surface area contributed by atoms with Crippen LogP contribution < -0.4 is 10.6 Å². The van der Waals surface area contributed by atoms with Gasteiger partial charge in [-0.1, -0.05) is 63.8 Å². The summed E-state index contributed by atoms with van der Waals surface area (Å²) < 4.78 is 40.7. The molecule has 3 rings (SSSR count). The van der Waals surface area contributed by atoms with Gasteiger partial charge in [0.25, 0.3) is 0 Å². The number of halogens is 3. The van der Waals surface area contributed by atoms with Crippen molar-refractivity contribution in [3.05, 3.63) is 71.4 Å². The predicted molar refractivity (Wildman–Crippen MR) is 128 cm³/mol. The largest absolute Gasteiger partial charge is 0.421 e. The third-order valence-corrected chi connectivity index (χ3v) is 5.35. The maximum absolute atomic E-state index is 13.6. The zero-order valence-electron chi connectivity index (χ0n) is 19.2. The lowest BCUT2D eigenvalue weighted by atomic mass is 10.1. The number of nitrogens with zero attached hydrogens (tertiary/aromatic N) is 2. The predicted octanol–water partition coefficient (Wildman–Crippen LogP) is 8.06. The van der Waals surface area contributed by atoms with Crippen molar-refractivity contribution in [3.63, 3.8) is 0 Å². The number of nitrogens with one attached hydrogen (secondary N) is 2. The lowest BCUT2D eigenvalue weighted by Crippen LogP contribution is -2.12. The van der Waals surface area contributed by atoms with Crippen LogP contribution in [0.2, 0.25) is 0 Å². The van der Waals surface area contributed by atoms with Crippen molar-refractivity contribution in [1.82, 2.24) is 9.97 Å². The van der Waals surface area contributed by atoms with E-state index < -0.39 is 11.7 Å². The van der Waals surface area contributed by atoms with Crippen LogP contribution in [0.15, 0.2) is 54.7 Å². The summed E-state index contributed by atoms with van der Waals surface area (Å²) in [7, 11) is 0. The minimum absolute atomic E-state index is 0.103. The number of alkyl halides is 3. The quantitative estimate of drug-likeness (QED) is 0.287. The van der Waals surface area contributed by atoms with Crippen LogP contribution in [0.4, 0.5) is 36.3 Å². The van der Waals surface area contributed by atoms with Crippen molar-refractivity contribution in [2.75, 3.05) is 10.6 Å². The third kappa shape index (κ3) is 7.48. The van der Waals surface area contributed by atoms with Gasteiger partial charge in [-0.3, -0.25) is 0 Å². The van der Waals surface area contributed by atoms with E-state index >= 15 is 0 Å². The maximum atomic E-state index is 13.6. The van der Waals surface area contributed by atoms with E-state index in [1.807, 2.05) is 42.5 Å². The number of aromatic nitrogens is 2. The summed E-state index contributed by atoms with van der Waals surface area (Å²) in [5, 5.41) is 5.85. The molecule has 0 unspecified atom stereocenters. The van der Waals surface area contributed by atoms with Gasteiger partial charge in [0.15, 0.2) is 0 Å². The number of rotatable bonds is 11. The molecule has 1 heterocycles. The highest BCUT2D eigenvalue weighted by Crippen LogP contribution is 2.35. The Bertz CT molecular complexity index is 1020. The molecule has 0 aliphatic rings. The summed E-state index contributed by atoms with van der Waals surface area (Å²) >= 11 is 0. The van der Waals surface area contributed by atoms with Gasteiger partial charge in [0.1, 0.15) is 11.4 Å². The molecule has 3 aromatic rings. The van der Waals surface area contributed by atoms with Crippen molar-refractivity contribution in [3.8, 4) is 0 Å². The van der Waals surface area contributed by atoms with Gasteiger partial charge in [-0.2, -0.15) is 18.2 Å². The molecule has 0 saturated heterocycles. The van der Waals surface area contributed by atoms with E-state index in [0.29, 0.717) is 5.69 Å². The van der Waals surface area contributed by atoms with E-state index in [1.165, 1.54) is 24.8 Å². The van der Waals surface area contributed by atoms with E-state index in [0.717, 1.165) is 43.1 Å². The van der Waals surface area contributed by atoms with E-state index in [4.69, 9.17) is 0 Å². The monoisotopic (exact) mass is 456 g/mol. The Hall–Kier alpha value is -3.09. The molecule has 0 saturated carbocycles. The van der Waals surface area contributed by atoms with E-state index in [1.54, 1.807) is 6.07 Å². The van der Waals surface area contributed by atoms with Crippen molar-refractivity contribution < 1.29 is 13.2 Å². The summed E-state index contributed by atoms with van der Waals surface area (Å²) in [6.45, 7) is 4.25. The Kier molecular flexibility index (Phi) is 8.69. The molecule has 7 heteroatoms. The van der Waals surface area contributed by atoms with Crippen LogP contribution in [-0.4, -0.2) is 9.97 Å². The molecule has 0 aliphatic heterocycles. The summed E-state index contributed by atoms with van der Waals surface area (Å²) in [6.07, 6.45) is 3.88. The van der Waals surface area contributed by atoms with Crippen LogP contribution in [0.1, 0.15) is 62.6 Å². The number of hydrogen-bond acceptors (Lipinski definition) is 4. The fourth-order valence-corrected chi connectivity index (χ4v) is 3.61. The zero-order valence-corrected chi connectivity index (χ0v) is 19.2. The average Bonchev–Trinajstić information content (AvgIpc) is 2.78. The molecule has 0 amide bonds. The van der Waals surface area contributed by atoms with Gasteiger partial charge in [-0.15, -0.1) is 0 Å². The standard InChI is InChI=1S/C26H31F3N4/c1-3-5-6-7-10-19-13-15-21(16-14-19)32-25-30-18-23(26(27,28)29)24(33-25)31-22-12-8-11-20(17-22)9-4-2/h8,11-18H,3-7,9-10H2,1-2H3,(H2,30,31,32,33). The first kappa shape index (κ1) is 24.6. The van der Waals surface area contributed by atoms with Crippen molar-refractivity contribution in [2.45, 2.75) is 65.0 Å². The second kappa shape index (κ2) is 11.7. The minimum atomic E-state index is -4.57. The molecule has 2 N–H and O–H groups in total. The topological polar surface area (TPSA) is 49.8 Å². The Morgan fingerprint density at radius 1 is 0.788 bits per heavy atom. The molecular weight excluding hydrogens is 425 g/mol. The lowest BCUT2D eigenvalue weighted by Gasteiger charge is -2.15. The smallest absolute Gasteiger partial charge is 0.340 e. The van der Waals surface area contributed by atoms with Gasteiger partial charge in [0, 0.05) is 17.6 Å². The zero-order chi connectivity index (χ0) is 23.7. The fraction of sp³-hybridized carbons (Fsp3) is 0.385. The molecule has 2 aromatic carbocycles. The molecular formula is C26H31F3N4. The first-order valence-electron chi connectivity index (χ1n) is 11.5. The number of hydrogen-bond donors (Lipinski definition) is 2. The minimum Gasteiger partial charge on any atom is -0.340 e. The maximum Gasteiger partial charge on any atom is 0.421 e. The van der Waals surface area contributed by atoms with Crippen molar-refractivity contribution >= 4 is 23.1 Å². The summed E-state index contributed by atoms with van der Waals surface area (Å²) in [5.74, 6) is -0.174. The first-order valence-corrected chi connectivity index (χ1v) is 11.5. The number of benzene rings is 2. The summed E-state index contributed by atoms with van der Waals surface area (Å²) in [6, 6.07) is 15.2. The molecule has 33 heavy (non-hydrogen) atoms. The second-order valence-corrected chi connectivity index (χ2v) is 8.16. The van der Waals surface area contributed by atoms with Gasteiger partial charge < -0.3 is 10.6 Å². The van der Waals surface area contributed by atoms with Crippen molar-refractivity contribution in [2.24, 2.45) is 0 Å². The SMILES string of the molecule is CCCCCCc1ccc(Nc2ncc(C(F)(F)F)c(Nc3cccc(CCC)c3)n2)cc1. The normalized spacial score (nSPS) is 11.4. The third-order valence-electron chi connectivity index (χ3n) is 5.35. The highest BCUT2D eigenvalue weighted by Gasteiger charge is 2.35. The summed E-state index contributed by atoms with van der Waals surface area (Å²) in [5.41, 5.74) is 2.67. The molecule has 176 valence electrons.